The summed E-state index contributed by atoms with van der Waals surface area (Å²) < 4.78 is 28.6. The van der Waals surface area contributed by atoms with Crippen LogP contribution >= 0.6 is 11.6 Å². The van der Waals surface area contributed by atoms with E-state index in [1.165, 1.54) is 18.2 Å². The van der Waals surface area contributed by atoms with Gasteiger partial charge in [0.1, 0.15) is 10.6 Å². The van der Waals surface area contributed by atoms with E-state index in [9.17, 15) is 23.6 Å². The fraction of sp³-hybridized carbons (Fsp3) is 0.0417. The molecule has 9 nitrogen and oxygen atoms in total. The highest BCUT2D eigenvalue weighted by atomic mass is 35.5. The van der Waals surface area contributed by atoms with E-state index >= 15 is 0 Å². The van der Waals surface area contributed by atoms with Crippen molar-refractivity contribution in [1.29, 1.82) is 0 Å². The first-order chi connectivity index (χ1) is 16.7. The molecule has 0 saturated carbocycles. The van der Waals surface area contributed by atoms with Crippen LogP contribution in [-0.4, -0.2) is 24.2 Å². The lowest BCUT2D eigenvalue weighted by molar-refractivity contribution is -0.385. The third-order valence-electron chi connectivity index (χ3n) is 5.22. The molecule has 0 aromatic heterocycles. The highest BCUT2D eigenvalue weighted by molar-refractivity contribution is 7.93. The number of fused-ring (bicyclic) bond motifs is 1. The summed E-state index contributed by atoms with van der Waals surface area (Å²) in [6.07, 6.45) is 0. The van der Waals surface area contributed by atoms with Gasteiger partial charge in [0, 0.05) is 23.1 Å². The van der Waals surface area contributed by atoms with Gasteiger partial charge in [-0.3, -0.25) is 20.3 Å². The zero-order chi connectivity index (χ0) is 25.2. The van der Waals surface area contributed by atoms with Crippen molar-refractivity contribution in [3.8, 4) is 5.75 Å². The van der Waals surface area contributed by atoms with Gasteiger partial charge in [0.2, 0.25) is 0 Å². The number of hydrogen-bond donors (Lipinski definition) is 3. The lowest BCUT2D eigenvalue weighted by Gasteiger charge is -2.13. The smallest absolute Gasteiger partial charge is 0.270 e. The van der Waals surface area contributed by atoms with Crippen LogP contribution < -0.4 is 10.1 Å². The van der Waals surface area contributed by atoms with Crippen molar-refractivity contribution in [2.75, 3.05) is 10.1 Å². The first-order valence-corrected chi connectivity index (χ1v) is 12.1. The Kier molecular flexibility index (Phi) is 6.59. The quantitative estimate of drug-likeness (QED) is 0.165. The minimum absolute atomic E-state index is 0.00483. The van der Waals surface area contributed by atoms with Gasteiger partial charge in [-0.15, -0.1) is 0 Å². The molecule has 178 valence electrons. The molecular formula is C24H19ClN4O5S. The molecule has 0 heterocycles. The summed E-state index contributed by atoms with van der Waals surface area (Å²) in [4.78, 5) is 10.2. The summed E-state index contributed by atoms with van der Waals surface area (Å²) in [5, 5.41) is 27.9. The number of anilines is 2. The molecule has 0 spiro atoms. The van der Waals surface area contributed by atoms with Gasteiger partial charge in [0.15, 0.2) is 0 Å². The minimum Gasteiger partial charge on any atom is -0.507 e. The topological polar surface area (TPSA) is 134 Å². The van der Waals surface area contributed by atoms with Crippen LogP contribution in [0.3, 0.4) is 0 Å². The number of nitro groups is 1. The van der Waals surface area contributed by atoms with E-state index in [1.54, 1.807) is 37.3 Å². The molecule has 0 aliphatic rings. The van der Waals surface area contributed by atoms with Gasteiger partial charge < -0.3 is 5.11 Å². The SMILES string of the molecule is C/C(=N\Nc1ccc([N+](=O)[O-])cc1S(=O)(=O)Nc1ccccc1Cl)c1ccc2ccccc2c1O. The van der Waals surface area contributed by atoms with E-state index in [2.05, 4.69) is 15.2 Å². The predicted octanol–water partition coefficient (Wildman–Crippen LogP) is 5.74. The monoisotopic (exact) mass is 510 g/mol. The molecule has 0 amide bonds. The maximum atomic E-state index is 13.1. The fourth-order valence-corrected chi connectivity index (χ4v) is 4.93. The Morgan fingerprint density at radius 1 is 1.00 bits per heavy atom. The molecule has 0 unspecified atom stereocenters. The Bertz CT molecular complexity index is 1590. The average Bonchev–Trinajstić information content (AvgIpc) is 2.84. The van der Waals surface area contributed by atoms with Crippen LogP contribution in [0.1, 0.15) is 12.5 Å². The number of phenols is 1. The molecule has 0 radical (unpaired) electrons. The number of halogens is 1. The summed E-state index contributed by atoms with van der Waals surface area (Å²) in [7, 11) is -4.29. The van der Waals surface area contributed by atoms with Gasteiger partial charge in [0.05, 0.1) is 27.0 Å². The number of nitrogens with one attached hydrogen (secondary N) is 2. The normalized spacial score (nSPS) is 11.9. The number of non-ortho nitro benzene ring substituents is 1. The molecule has 35 heavy (non-hydrogen) atoms. The number of nitro benzene ring substituents is 1. The number of hydrogen-bond acceptors (Lipinski definition) is 7. The van der Waals surface area contributed by atoms with Crippen molar-refractivity contribution in [3.63, 3.8) is 0 Å². The van der Waals surface area contributed by atoms with Gasteiger partial charge in [-0.05, 0) is 36.6 Å². The van der Waals surface area contributed by atoms with Crippen molar-refractivity contribution in [3.05, 3.63) is 99.6 Å². The van der Waals surface area contributed by atoms with Crippen molar-refractivity contribution in [2.45, 2.75) is 11.8 Å². The summed E-state index contributed by atoms with van der Waals surface area (Å²) in [6.45, 7) is 1.64. The third kappa shape index (κ3) is 5.03. The van der Waals surface area contributed by atoms with Crippen LogP contribution in [0.5, 0.6) is 5.75 Å². The molecule has 0 aliphatic heterocycles. The molecule has 4 rings (SSSR count). The van der Waals surface area contributed by atoms with Crippen LogP contribution in [0.2, 0.25) is 5.02 Å². The van der Waals surface area contributed by atoms with Crippen molar-refractivity contribution < 1.29 is 18.4 Å². The molecule has 3 N–H and O–H groups in total. The highest BCUT2D eigenvalue weighted by Crippen LogP contribution is 2.32. The van der Waals surface area contributed by atoms with Crippen LogP contribution in [0.25, 0.3) is 10.8 Å². The van der Waals surface area contributed by atoms with Crippen molar-refractivity contribution in [1.82, 2.24) is 0 Å². The van der Waals surface area contributed by atoms with Gasteiger partial charge in [-0.1, -0.05) is 54.1 Å². The molecule has 11 heteroatoms. The second-order valence-electron chi connectivity index (χ2n) is 7.51. The van der Waals surface area contributed by atoms with Gasteiger partial charge in [0.25, 0.3) is 15.7 Å². The highest BCUT2D eigenvalue weighted by Gasteiger charge is 2.23. The third-order valence-corrected chi connectivity index (χ3v) is 6.95. The van der Waals surface area contributed by atoms with E-state index in [0.717, 1.165) is 17.5 Å². The second kappa shape index (κ2) is 9.61. The van der Waals surface area contributed by atoms with Crippen LogP contribution in [-0.2, 0) is 10.0 Å². The van der Waals surface area contributed by atoms with Gasteiger partial charge in [-0.25, -0.2) is 8.42 Å². The Labute approximate surface area is 205 Å². The van der Waals surface area contributed by atoms with Crippen molar-refractivity contribution in [2.24, 2.45) is 5.10 Å². The van der Waals surface area contributed by atoms with Gasteiger partial charge >= 0.3 is 0 Å². The Hall–Kier alpha value is -4.15. The molecule has 0 bridgehead atoms. The number of benzene rings is 4. The Balaban J connectivity index is 1.72. The Morgan fingerprint density at radius 2 is 1.71 bits per heavy atom. The molecule has 0 aliphatic carbocycles. The van der Waals surface area contributed by atoms with E-state index in [-0.39, 0.29) is 22.1 Å². The molecule has 4 aromatic rings. The van der Waals surface area contributed by atoms with E-state index in [0.29, 0.717) is 16.7 Å². The molecule has 4 aromatic carbocycles. The number of sulfonamides is 1. The zero-order valence-corrected chi connectivity index (χ0v) is 19.8. The first-order valence-electron chi connectivity index (χ1n) is 10.2. The average molecular weight is 511 g/mol. The number of rotatable bonds is 7. The number of nitrogens with zero attached hydrogens (tertiary/aromatic N) is 2. The minimum atomic E-state index is -4.29. The number of hydrazone groups is 1. The van der Waals surface area contributed by atoms with Crippen LogP contribution in [0.15, 0.2) is 88.9 Å². The largest absolute Gasteiger partial charge is 0.507 e. The first kappa shape index (κ1) is 24.0. The van der Waals surface area contributed by atoms with Gasteiger partial charge in [-0.2, -0.15) is 5.10 Å². The number of phenolic OH excluding ortho intramolecular Hbond substituents is 1. The summed E-state index contributed by atoms with van der Waals surface area (Å²) in [5.41, 5.74) is 3.17. The predicted molar refractivity (Wildman–Crippen MR) is 137 cm³/mol. The number of aromatic hydroxyl groups is 1. The van der Waals surface area contributed by atoms with Crippen LogP contribution in [0.4, 0.5) is 17.1 Å². The molecular weight excluding hydrogens is 492 g/mol. The summed E-state index contributed by atoms with van der Waals surface area (Å²) in [6, 6.07) is 20.4. The molecule has 0 atom stereocenters. The summed E-state index contributed by atoms with van der Waals surface area (Å²) >= 11 is 6.07. The maximum Gasteiger partial charge on any atom is 0.270 e. The van der Waals surface area contributed by atoms with Crippen molar-refractivity contribution >= 4 is 55.2 Å². The zero-order valence-electron chi connectivity index (χ0n) is 18.3. The van der Waals surface area contributed by atoms with E-state index in [4.69, 9.17) is 11.6 Å². The second-order valence-corrected chi connectivity index (χ2v) is 9.57. The Morgan fingerprint density at radius 3 is 2.46 bits per heavy atom. The van der Waals surface area contributed by atoms with E-state index < -0.39 is 25.5 Å². The lowest BCUT2D eigenvalue weighted by atomic mass is 10.0. The standard InChI is InChI=1S/C24H19ClN4O5S/c1-15(18-12-10-16-6-2-3-7-19(16)24(18)30)26-27-22-13-11-17(29(31)32)14-23(22)35(33,34)28-21-9-5-4-8-20(21)25/h2-14,27-28,30H,1H3/b26-15+. The molecule has 0 saturated heterocycles. The lowest BCUT2D eigenvalue weighted by Crippen LogP contribution is -2.15. The molecule has 0 fully saturated rings. The van der Waals surface area contributed by atoms with E-state index in [1.807, 2.05) is 18.2 Å². The number of para-hydroxylation sites is 1. The summed E-state index contributed by atoms with van der Waals surface area (Å²) in [5.74, 6) is 0.0306. The fourth-order valence-electron chi connectivity index (χ4n) is 3.43. The maximum absolute atomic E-state index is 13.1. The van der Waals surface area contributed by atoms with Crippen LogP contribution in [0, 0.1) is 10.1 Å².